The van der Waals surface area contributed by atoms with E-state index in [1.807, 2.05) is 0 Å². The highest BCUT2D eigenvalue weighted by Gasteiger charge is 2.01. The van der Waals surface area contributed by atoms with Gasteiger partial charge in [-0.3, -0.25) is 0 Å². The average molecular weight is 313 g/mol. The van der Waals surface area contributed by atoms with E-state index in [4.69, 9.17) is 0 Å². The van der Waals surface area contributed by atoms with Crippen LogP contribution in [0.15, 0.2) is 34.4 Å². The van der Waals surface area contributed by atoms with Crippen LogP contribution in [0.3, 0.4) is 0 Å². The van der Waals surface area contributed by atoms with Crippen LogP contribution in [0.25, 0.3) is 0 Å². The van der Waals surface area contributed by atoms with Crippen LogP contribution in [0.2, 0.25) is 0 Å². The van der Waals surface area contributed by atoms with Gasteiger partial charge in [-0.25, -0.2) is 0 Å². The van der Waals surface area contributed by atoms with E-state index in [1.54, 1.807) is 11.3 Å². The fourth-order valence-electron chi connectivity index (χ4n) is 1.63. The Morgan fingerprint density at radius 2 is 2.18 bits per heavy atom. The lowest BCUT2D eigenvalue weighted by molar-refractivity contribution is 0.588. The van der Waals surface area contributed by atoms with Crippen LogP contribution in [0.1, 0.15) is 24.3 Å². The molecule has 0 aromatic carbocycles. The van der Waals surface area contributed by atoms with Crippen molar-refractivity contribution < 1.29 is 0 Å². The number of hydrogen-bond acceptors (Lipinski definition) is 2. The van der Waals surface area contributed by atoms with Crippen LogP contribution < -0.4 is 5.32 Å². The smallest absolute Gasteiger partial charge is 0.0702 e. The first-order valence-corrected chi connectivity index (χ1v) is 7.36. The first-order valence-electron chi connectivity index (χ1n) is 5.76. The number of rotatable bonds is 5. The summed E-state index contributed by atoms with van der Waals surface area (Å²) >= 11 is 5.28. The fourth-order valence-corrected chi connectivity index (χ4v) is 3.12. The summed E-state index contributed by atoms with van der Waals surface area (Å²) in [5.41, 5.74) is 1.34. The van der Waals surface area contributed by atoms with Crippen molar-refractivity contribution in [2.24, 2.45) is 0 Å². The summed E-state index contributed by atoms with van der Waals surface area (Å²) in [5, 5.41) is 3.42. The van der Waals surface area contributed by atoms with E-state index in [0.717, 1.165) is 13.1 Å². The zero-order valence-corrected chi connectivity index (χ0v) is 12.5. The van der Waals surface area contributed by atoms with Gasteiger partial charge in [0.1, 0.15) is 0 Å². The monoisotopic (exact) mass is 312 g/mol. The molecule has 1 N–H and O–H groups in total. The molecule has 0 fully saturated rings. The Morgan fingerprint density at radius 1 is 1.35 bits per heavy atom. The van der Waals surface area contributed by atoms with E-state index in [1.165, 1.54) is 14.2 Å². The second-order valence-electron chi connectivity index (χ2n) is 4.43. The van der Waals surface area contributed by atoms with Gasteiger partial charge in [0.25, 0.3) is 0 Å². The predicted molar refractivity (Wildman–Crippen MR) is 77.5 cm³/mol. The molecule has 0 atom stereocenters. The zero-order chi connectivity index (χ0) is 12.3. The highest BCUT2D eigenvalue weighted by Crippen LogP contribution is 2.22. The highest BCUT2D eigenvalue weighted by molar-refractivity contribution is 9.11. The number of halogens is 1. The van der Waals surface area contributed by atoms with Crippen molar-refractivity contribution in [2.75, 3.05) is 0 Å². The molecule has 0 aliphatic rings. The molecule has 2 aromatic rings. The van der Waals surface area contributed by atoms with Crippen LogP contribution in [-0.2, 0) is 13.1 Å². The number of thiophene rings is 1. The lowest BCUT2D eigenvalue weighted by Crippen LogP contribution is -2.21. The molecule has 0 radical (unpaired) electrons. The van der Waals surface area contributed by atoms with Gasteiger partial charge in [0, 0.05) is 29.9 Å². The van der Waals surface area contributed by atoms with Gasteiger partial charge in [-0.05, 0) is 39.7 Å². The Labute approximate surface area is 115 Å². The minimum Gasteiger partial charge on any atom is -0.349 e. The van der Waals surface area contributed by atoms with Crippen LogP contribution in [0.4, 0.5) is 0 Å². The van der Waals surface area contributed by atoms with Crippen molar-refractivity contribution in [2.45, 2.75) is 33.0 Å². The SMILES string of the molecule is CC(C)NCc1ccn(Cc2ccc(Br)s2)c1. The number of nitrogens with zero attached hydrogens (tertiary/aromatic N) is 1. The van der Waals surface area contributed by atoms with E-state index < -0.39 is 0 Å². The van der Waals surface area contributed by atoms with E-state index in [9.17, 15) is 0 Å². The maximum Gasteiger partial charge on any atom is 0.0702 e. The average Bonchev–Trinajstić information content (AvgIpc) is 2.86. The summed E-state index contributed by atoms with van der Waals surface area (Å²) in [6.45, 7) is 6.23. The van der Waals surface area contributed by atoms with Crippen molar-refractivity contribution in [3.05, 3.63) is 44.8 Å². The summed E-state index contributed by atoms with van der Waals surface area (Å²) < 4.78 is 3.43. The van der Waals surface area contributed by atoms with E-state index in [2.05, 4.69) is 70.3 Å². The molecule has 0 spiro atoms. The summed E-state index contributed by atoms with van der Waals surface area (Å²) in [7, 11) is 0. The van der Waals surface area contributed by atoms with Crippen molar-refractivity contribution >= 4 is 27.3 Å². The van der Waals surface area contributed by atoms with Gasteiger partial charge in [-0.1, -0.05) is 13.8 Å². The molecule has 0 saturated heterocycles. The largest absolute Gasteiger partial charge is 0.349 e. The van der Waals surface area contributed by atoms with Crippen LogP contribution in [0.5, 0.6) is 0 Å². The van der Waals surface area contributed by atoms with Crippen molar-refractivity contribution in [1.29, 1.82) is 0 Å². The van der Waals surface area contributed by atoms with Gasteiger partial charge >= 0.3 is 0 Å². The molecule has 0 saturated carbocycles. The van der Waals surface area contributed by atoms with Gasteiger partial charge in [-0.2, -0.15) is 0 Å². The van der Waals surface area contributed by atoms with Gasteiger partial charge in [0.05, 0.1) is 10.3 Å². The summed E-state index contributed by atoms with van der Waals surface area (Å²) in [4.78, 5) is 1.37. The quantitative estimate of drug-likeness (QED) is 0.887. The Balaban J connectivity index is 1.94. The Kier molecular flexibility index (Phi) is 4.42. The van der Waals surface area contributed by atoms with Crippen molar-refractivity contribution in [3.8, 4) is 0 Å². The molecule has 0 amide bonds. The lowest BCUT2D eigenvalue weighted by atomic mass is 10.3. The van der Waals surface area contributed by atoms with Gasteiger partial charge in [-0.15, -0.1) is 11.3 Å². The minimum absolute atomic E-state index is 0.534. The molecular formula is C13H17BrN2S. The maximum atomic E-state index is 3.49. The minimum atomic E-state index is 0.534. The Hall–Kier alpha value is -0.580. The van der Waals surface area contributed by atoms with Gasteiger partial charge in [0.15, 0.2) is 0 Å². The molecule has 0 bridgehead atoms. The van der Waals surface area contributed by atoms with E-state index >= 15 is 0 Å². The molecule has 0 unspecified atom stereocenters. The highest BCUT2D eigenvalue weighted by atomic mass is 79.9. The lowest BCUT2D eigenvalue weighted by Gasteiger charge is -2.05. The molecule has 2 rings (SSSR count). The molecule has 2 heterocycles. The standard InChI is InChI=1S/C13H17BrN2S/c1-10(2)15-7-11-5-6-16(8-11)9-12-3-4-13(14)17-12/h3-6,8,10,15H,7,9H2,1-2H3. The molecule has 0 aliphatic heterocycles. The van der Waals surface area contributed by atoms with Crippen LogP contribution >= 0.6 is 27.3 Å². The summed E-state index contributed by atoms with van der Waals surface area (Å²) in [5.74, 6) is 0. The normalized spacial score (nSPS) is 11.3. The predicted octanol–water partition coefficient (Wildman–Crippen LogP) is 3.86. The van der Waals surface area contributed by atoms with Gasteiger partial charge in [0.2, 0.25) is 0 Å². The topological polar surface area (TPSA) is 17.0 Å². The molecule has 17 heavy (non-hydrogen) atoms. The van der Waals surface area contributed by atoms with Crippen LogP contribution in [-0.4, -0.2) is 10.6 Å². The molecule has 2 nitrogen and oxygen atoms in total. The molecular weight excluding hydrogens is 296 g/mol. The molecule has 92 valence electrons. The molecule has 2 aromatic heterocycles. The van der Waals surface area contributed by atoms with Crippen molar-refractivity contribution in [3.63, 3.8) is 0 Å². The third kappa shape index (κ3) is 3.98. The number of hydrogen-bond donors (Lipinski definition) is 1. The fraction of sp³-hybridized carbons (Fsp3) is 0.385. The van der Waals surface area contributed by atoms with Crippen LogP contribution in [0, 0.1) is 0 Å². The summed E-state index contributed by atoms with van der Waals surface area (Å²) in [6.07, 6.45) is 4.36. The first-order chi connectivity index (χ1) is 8.13. The second kappa shape index (κ2) is 5.85. The third-order valence-corrected chi connectivity index (χ3v) is 4.10. The maximum absolute atomic E-state index is 3.49. The summed E-state index contributed by atoms with van der Waals surface area (Å²) in [6, 6.07) is 6.98. The first kappa shape index (κ1) is 12.9. The van der Waals surface area contributed by atoms with Crippen molar-refractivity contribution in [1.82, 2.24) is 9.88 Å². The van der Waals surface area contributed by atoms with E-state index in [0.29, 0.717) is 6.04 Å². The molecule has 4 heteroatoms. The zero-order valence-electron chi connectivity index (χ0n) is 10.1. The van der Waals surface area contributed by atoms with Gasteiger partial charge < -0.3 is 9.88 Å². The molecule has 0 aliphatic carbocycles. The number of aromatic nitrogens is 1. The third-order valence-electron chi connectivity index (χ3n) is 2.49. The second-order valence-corrected chi connectivity index (χ2v) is 6.98. The number of nitrogens with one attached hydrogen (secondary N) is 1. The van der Waals surface area contributed by atoms with E-state index in [-0.39, 0.29) is 0 Å². The Morgan fingerprint density at radius 3 is 2.82 bits per heavy atom. The Bertz CT molecular complexity index is 473.